The van der Waals surface area contributed by atoms with Gasteiger partial charge < -0.3 is 4.74 Å². The predicted molar refractivity (Wildman–Crippen MR) is 66.3 cm³/mol. The molecule has 0 spiro atoms. The van der Waals surface area contributed by atoms with Gasteiger partial charge in [-0.15, -0.1) is 0 Å². The second kappa shape index (κ2) is 4.00. The summed E-state index contributed by atoms with van der Waals surface area (Å²) in [7, 11) is 0. The van der Waals surface area contributed by atoms with Crippen LogP contribution in [0.15, 0.2) is 0 Å². The van der Waals surface area contributed by atoms with Gasteiger partial charge in [-0.25, -0.2) is 0 Å². The van der Waals surface area contributed by atoms with Crippen LogP contribution >= 0.6 is 0 Å². The first-order valence-electron chi connectivity index (χ1n) is 7.30. The SMILES string of the molecule is CC1CCC2C(C)C(=O)OC2C2C(C)CCC12. The van der Waals surface area contributed by atoms with Crippen LogP contribution in [0.4, 0.5) is 0 Å². The number of rotatable bonds is 0. The molecule has 1 aliphatic heterocycles. The van der Waals surface area contributed by atoms with Gasteiger partial charge in [-0.2, -0.15) is 0 Å². The Bertz CT molecular complexity index is 325. The molecular weight excluding hydrogens is 212 g/mol. The van der Waals surface area contributed by atoms with Crippen molar-refractivity contribution in [2.24, 2.45) is 35.5 Å². The van der Waals surface area contributed by atoms with E-state index in [1.807, 2.05) is 0 Å². The van der Waals surface area contributed by atoms with Gasteiger partial charge in [0.2, 0.25) is 0 Å². The minimum absolute atomic E-state index is 0.0624. The fraction of sp³-hybridized carbons (Fsp3) is 0.933. The predicted octanol–water partition coefficient (Wildman–Crippen LogP) is 3.26. The lowest BCUT2D eigenvalue weighted by Crippen LogP contribution is -2.32. The summed E-state index contributed by atoms with van der Waals surface area (Å²) in [6.07, 6.45) is 5.40. The number of carbonyl (C=O) groups is 1. The van der Waals surface area contributed by atoms with Crippen molar-refractivity contribution in [3.8, 4) is 0 Å². The highest BCUT2D eigenvalue weighted by Crippen LogP contribution is 2.52. The van der Waals surface area contributed by atoms with E-state index < -0.39 is 0 Å². The van der Waals surface area contributed by atoms with E-state index in [-0.39, 0.29) is 18.0 Å². The van der Waals surface area contributed by atoms with Crippen LogP contribution in [0.3, 0.4) is 0 Å². The van der Waals surface area contributed by atoms with Gasteiger partial charge >= 0.3 is 5.97 Å². The van der Waals surface area contributed by atoms with E-state index in [9.17, 15) is 4.79 Å². The highest BCUT2D eigenvalue weighted by Gasteiger charge is 2.53. The molecule has 0 amide bonds. The molecule has 0 aromatic rings. The molecule has 0 radical (unpaired) electrons. The minimum Gasteiger partial charge on any atom is -0.462 e. The van der Waals surface area contributed by atoms with Crippen LogP contribution < -0.4 is 0 Å². The summed E-state index contributed by atoms with van der Waals surface area (Å²) >= 11 is 0. The van der Waals surface area contributed by atoms with Gasteiger partial charge in [0.25, 0.3) is 0 Å². The molecule has 3 rings (SSSR count). The Morgan fingerprint density at radius 1 is 0.941 bits per heavy atom. The van der Waals surface area contributed by atoms with Crippen LogP contribution in [-0.2, 0) is 9.53 Å². The van der Waals surface area contributed by atoms with Gasteiger partial charge in [0.15, 0.2) is 0 Å². The van der Waals surface area contributed by atoms with Crippen molar-refractivity contribution in [3.05, 3.63) is 0 Å². The Kier molecular flexibility index (Phi) is 2.72. The van der Waals surface area contributed by atoms with E-state index >= 15 is 0 Å². The largest absolute Gasteiger partial charge is 0.462 e. The smallest absolute Gasteiger partial charge is 0.309 e. The molecule has 0 aromatic heterocycles. The summed E-state index contributed by atoms with van der Waals surface area (Å²) < 4.78 is 5.75. The zero-order chi connectivity index (χ0) is 12.2. The van der Waals surface area contributed by atoms with E-state index in [1.54, 1.807) is 0 Å². The normalized spacial score (nSPS) is 53.8. The molecule has 96 valence electrons. The minimum atomic E-state index is 0.0624. The average Bonchev–Trinajstić information content (AvgIpc) is 2.75. The van der Waals surface area contributed by atoms with Crippen LogP contribution in [-0.4, -0.2) is 12.1 Å². The molecule has 1 saturated heterocycles. The van der Waals surface area contributed by atoms with Crippen LogP contribution in [0.5, 0.6) is 0 Å². The van der Waals surface area contributed by atoms with Gasteiger partial charge in [0.1, 0.15) is 6.10 Å². The zero-order valence-electron chi connectivity index (χ0n) is 11.2. The van der Waals surface area contributed by atoms with Crippen molar-refractivity contribution in [2.75, 3.05) is 0 Å². The summed E-state index contributed by atoms with van der Waals surface area (Å²) in [4.78, 5) is 11.8. The molecule has 2 nitrogen and oxygen atoms in total. The average molecular weight is 236 g/mol. The number of esters is 1. The van der Waals surface area contributed by atoms with Gasteiger partial charge in [-0.3, -0.25) is 4.79 Å². The molecule has 2 heteroatoms. The molecule has 0 N–H and O–H groups in total. The fourth-order valence-corrected chi connectivity index (χ4v) is 4.73. The second-order valence-electron chi connectivity index (χ2n) is 6.70. The number of carbonyl (C=O) groups excluding carboxylic acids is 1. The van der Waals surface area contributed by atoms with E-state index in [0.717, 1.165) is 17.8 Å². The van der Waals surface area contributed by atoms with Crippen molar-refractivity contribution < 1.29 is 9.53 Å². The van der Waals surface area contributed by atoms with Crippen molar-refractivity contribution in [3.63, 3.8) is 0 Å². The van der Waals surface area contributed by atoms with Crippen LogP contribution in [0.1, 0.15) is 46.5 Å². The highest BCUT2D eigenvalue weighted by molar-refractivity contribution is 5.74. The summed E-state index contributed by atoms with van der Waals surface area (Å²) in [5, 5.41) is 0. The van der Waals surface area contributed by atoms with E-state index in [4.69, 9.17) is 4.74 Å². The van der Waals surface area contributed by atoms with Crippen molar-refractivity contribution in [1.29, 1.82) is 0 Å². The van der Waals surface area contributed by atoms with Crippen LogP contribution in [0.2, 0.25) is 0 Å². The van der Waals surface area contributed by atoms with E-state index in [2.05, 4.69) is 20.8 Å². The lowest BCUT2D eigenvalue weighted by molar-refractivity contribution is -0.146. The summed E-state index contributed by atoms with van der Waals surface area (Å²) in [5.74, 6) is 3.71. The first-order chi connectivity index (χ1) is 8.09. The summed E-state index contributed by atoms with van der Waals surface area (Å²) in [5.41, 5.74) is 0. The quantitative estimate of drug-likeness (QED) is 0.603. The first kappa shape index (κ1) is 11.6. The van der Waals surface area contributed by atoms with Crippen molar-refractivity contribution in [1.82, 2.24) is 0 Å². The molecule has 1 heterocycles. The fourth-order valence-electron chi connectivity index (χ4n) is 4.73. The molecule has 0 bridgehead atoms. The number of fused-ring (bicyclic) bond motifs is 3. The van der Waals surface area contributed by atoms with Crippen molar-refractivity contribution >= 4 is 5.97 Å². The van der Waals surface area contributed by atoms with Gasteiger partial charge in [-0.05, 0) is 30.6 Å². The molecule has 7 unspecified atom stereocenters. The summed E-state index contributed by atoms with van der Waals surface area (Å²) in [6, 6.07) is 0. The molecule has 2 aliphatic carbocycles. The third-order valence-corrected chi connectivity index (χ3v) is 5.86. The third kappa shape index (κ3) is 1.63. The molecule has 3 aliphatic rings. The highest BCUT2D eigenvalue weighted by atomic mass is 16.6. The second-order valence-corrected chi connectivity index (χ2v) is 6.70. The maximum Gasteiger partial charge on any atom is 0.309 e. The first-order valence-corrected chi connectivity index (χ1v) is 7.30. The molecule has 7 atom stereocenters. The molecule has 2 saturated carbocycles. The van der Waals surface area contributed by atoms with Gasteiger partial charge in [0.05, 0.1) is 5.92 Å². The van der Waals surface area contributed by atoms with Crippen LogP contribution in [0, 0.1) is 35.5 Å². The molecular formula is C15H24O2. The lowest BCUT2D eigenvalue weighted by Gasteiger charge is -2.30. The Morgan fingerprint density at radius 2 is 1.59 bits per heavy atom. The number of ether oxygens (including phenoxy) is 1. The maximum absolute atomic E-state index is 11.8. The van der Waals surface area contributed by atoms with E-state index in [0.29, 0.717) is 11.8 Å². The standard InChI is InChI=1S/C15H24O2/c1-8-4-7-12-10(3)15(16)17-14(12)13-9(2)5-6-11(8)13/h8-14H,4-7H2,1-3H3. The molecule has 3 fully saturated rings. The molecule has 0 aromatic carbocycles. The van der Waals surface area contributed by atoms with Gasteiger partial charge in [0, 0.05) is 11.8 Å². The van der Waals surface area contributed by atoms with Crippen LogP contribution in [0.25, 0.3) is 0 Å². The maximum atomic E-state index is 11.8. The van der Waals surface area contributed by atoms with Gasteiger partial charge in [-0.1, -0.05) is 33.6 Å². The zero-order valence-corrected chi connectivity index (χ0v) is 11.2. The van der Waals surface area contributed by atoms with E-state index in [1.165, 1.54) is 25.7 Å². The topological polar surface area (TPSA) is 26.3 Å². The summed E-state index contributed by atoms with van der Waals surface area (Å²) in [6.45, 7) is 6.83. The Labute approximate surface area is 104 Å². The molecule has 17 heavy (non-hydrogen) atoms. The Morgan fingerprint density at radius 3 is 2.35 bits per heavy atom. The monoisotopic (exact) mass is 236 g/mol. The Balaban J connectivity index is 1.92. The lowest BCUT2D eigenvalue weighted by atomic mass is 9.77. The Hall–Kier alpha value is -0.530. The van der Waals surface area contributed by atoms with Crippen molar-refractivity contribution in [2.45, 2.75) is 52.6 Å². The third-order valence-electron chi connectivity index (χ3n) is 5.86. The number of hydrogen-bond donors (Lipinski definition) is 0. The number of hydrogen-bond acceptors (Lipinski definition) is 2.